The van der Waals surface area contributed by atoms with Gasteiger partial charge >= 0.3 is 0 Å². The van der Waals surface area contributed by atoms with Crippen LogP contribution in [-0.2, 0) is 9.53 Å². The highest BCUT2D eigenvalue weighted by Gasteiger charge is 2.37. The summed E-state index contributed by atoms with van der Waals surface area (Å²) in [6, 6.07) is 0. The summed E-state index contributed by atoms with van der Waals surface area (Å²) in [6.45, 7) is 1.23. The van der Waals surface area contributed by atoms with Crippen LogP contribution in [0.2, 0.25) is 0 Å². The predicted octanol–water partition coefficient (Wildman–Crippen LogP) is 0.483. The molecule has 0 aromatic rings. The number of carbonyl (C=O) groups is 1. The number of likely N-dealkylation sites (N-methyl/N-ethyl adjacent to an activating group) is 1. The molecule has 2 unspecified atom stereocenters. The van der Waals surface area contributed by atoms with Crippen LogP contribution in [0, 0.1) is 0 Å². The van der Waals surface area contributed by atoms with Crippen molar-refractivity contribution in [3.05, 3.63) is 0 Å². The van der Waals surface area contributed by atoms with Crippen LogP contribution < -0.4 is 11.1 Å². The zero-order valence-corrected chi connectivity index (χ0v) is 12.2. The SMILES string of the molecule is CN(C)C1(CNC(=O)C2CCC(CN)O2)CCCC1. The lowest BCUT2D eigenvalue weighted by molar-refractivity contribution is -0.132. The second-order valence-electron chi connectivity index (χ2n) is 6.10. The molecule has 2 aliphatic rings. The molecule has 1 saturated carbocycles. The molecular weight excluding hydrogens is 242 g/mol. The second kappa shape index (κ2) is 6.20. The van der Waals surface area contributed by atoms with Gasteiger partial charge in [-0.1, -0.05) is 12.8 Å². The number of rotatable bonds is 5. The van der Waals surface area contributed by atoms with Gasteiger partial charge in [0.05, 0.1) is 6.10 Å². The Hall–Kier alpha value is -0.650. The highest BCUT2D eigenvalue weighted by molar-refractivity contribution is 5.81. The van der Waals surface area contributed by atoms with Gasteiger partial charge < -0.3 is 20.7 Å². The van der Waals surface area contributed by atoms with Gasteiger partial charge in [0.25, 0.3) is 0 Å². The van der Waals surface area contributed by atoms with Gasteiger partial charge in [-0.3, -0.25) is 4.79 Å². The van der Waals surface area contributed by atoms with Gasteiger partial charge in [0.2, 0.25) is 5.91 Å². The first-order chi connectivity index (χ1) is 9.07. The first-order valence-electron chi connectivity index (χ1n) is 7.38. The first-order valence-corrected chi connectivity index (χ1v) is 7.38. The molecule has 0 aromatic heterocycles. The van der Waals surface area contributed by atoms with E-state index in [0.717, 1.165) is 32.2 Å². The van der Waals surface area contributed by atoms with Gasteiger partial charge in [0.1, 0.15) is 6.10 Å². The number of amides is 1. The molecule has 110 valence electrons. The summed E-state index contributed by atoms with van der Waals surface area (Å²) >= 11 is 0. The van der Waals surface area contributed by atoms with Crippen LogP contribution in [0.1, 0.15) is 38.5 Å². The Labute approximate surface area is 115 Å². The van der Waals surface area contributed by atoms with E-state index in [1.165, 1.54) is 12.8 Å². The van der Waals surface area contributed by atoms with E-state index in [9.17, 15) is 4.79 Å². The maximum atomic E-state index is 12.1. The van der Waals surface area contributed by atoms with E-state index in [2.05, 4.69) is 24.3 Å². The molecule has 0 aromatic carbocycles. The van der Waals surface area contributed by atoms with E-state index in [-0.39, 0.29) is 23.7 Å². The fourth-order valence-corrected chi connectivity index (χ4v) is 3.25. The number of ether oxygens (including phenoxy) is 1. The Morgan fingerprint density at radius 1 is 1.37 bits per heavy atom. The molecule has 1 aliphatic carbocycles. The summed E-state index contributed by atoms with van der Waals surface area (Å²) in [5.41, 5.74) is 5.71. The summed E-state index contributed by atoms with van der Waals surface area (Å²) in [5, 5.41) is 3.09. The first kappa shape index (κ1) is 14.8. The normalized spacial score (nSPS) is 29.9. The van der Waals surface area contributed by atoms with E-state index >= 15 is 0 Å². The van der Waals surface area contributed by atoms with Crippen molar-refractivity contribution in [1.29, 1.82) is 0 Å². The monoisotopic (exact) mass is 269 g/mol. The lowest BCUT2D eigenvalue weighted by atomic mass is 9.96. The molecule has 2 rings (SSSR count). The molecule has 0 radical (unpaired) electrons. The lowest BCUT2D eigenvalue weighted by Gasteiger charge is -2.36. The van der Waals surface area contributed by atoms with Crippen molar-refractivity contribution < 1.29 is 9.53 Å². The predicted molar refractivity (Wildman–Crippen MR) is 74.8 cm³/mol. The molecule has 3 N–H and O–H groups in total. The fourth-order valence-electron chi connectivity index (χ4n) is 3.25. The molecule has 0 spiro atoms. The summed E-state index contributed by atoms with van der Waals surface area (Å²) in [7, 11) is 4.21. The van der Waals surface area contributed by atoms with E-state index < -0.39 is 0 Å². The number of hydrogen-bond acceptors (Lipinski definition) is 4. The summed E-state index contributed by atoms with van der Waals surface area (Å²) in [5.74, 6) is 0.0316. The summed E-state index contributed by atoms with van der Waals surface area (Å²) in [4.78, 5) is 14.4. The van der Waals surface area contributed by atoms with Crippen LogP contribution in [0.3, 0.4) is 0 Å². The third-order valence-corrected chi connectivity index (χ3v) is 4.74. The van der Waals surface area contributed by atoms with Crippen LogP contribution in [0.5, 0.6) is 0 Å². The lowest BCUT2D eigenvalue weighted by Crippen LogP contribution is -2.52. The highest BCUT2D eigenvalue weighted by atomic mass is 16.5. The van der Waals surface area contributed by atoms with E-state index in [1.807, 2.05) is 0 Å². The number of nitrogens with zero attached hydrogens (tertiary/aromatic N) is 1. The van der Waals surface area contributed by atoms with Crippen molar-refractivity contribution in [2.45, 2.75) is 56.3 Å². The topological polar surface area (TPSA) is 67.6 Å². The molecule has 1 aliphatic heterocycles. The average Bonchev–Trinajstić information content (AvgIpc) is 3.05. The van der Waals surface area contributed by atoms with Crippen LogP contribution >= 0.6 is 0 Å². The van der Waals surface area contributed by atoms with Gasteiger partial charge in [0, 0.05) is 18.6 Å². The second-order valence-corrected chi connectivity index (χ2v) is 6.10. The van der Waals surface area contributed by atoms with E-state index in [4.69, 9.17) is 10.5 Å². The molecule has 5 nitrogen and oxygen atoms in total. The summed E-state index contributed by atoms with van der Waals surface area (Å²) in [6.07, 6.45) is 6.29. The van der Waals surface area contributed by atoms with Crippen molar-refractivity contribution in [2.24, 2.45) is 5.73 Å². The minimum atomic E-state index is -0.297. The Kier molecular flexibility index (Phi) is 4.81. The van der Waals surface area contributed by atoms with Crippen molar-refractivity contribution in [2.75, 3.05) is 27.2 Å². The highest BCUT2D eigenvalue weighted by Crippen LogP contribution is 2.33. The van der Waals surface area contributed by atoms with Crippen molar-refractivity contribution in [3.63, 3.8) is 0 Å². The largest absolute Gasteiger partial charge is 0.364 e. The molecule has 0 bridgehead atoms. The molecule has 2 fully saturated rings. The molecule has 1 amide bonds. The van der Waals surface area contributed by atoms with Crippen LogP contribution in [0.4, 0.5) is 0 Å². The van der Waals surface area contributed by atoms with Crippen LogP contribution in [0.15, 0.2) is 0 Å². The Morgan fingerprint density at radius 2 is 2.05 bits per heavy atom. The molecule has 1 heterocycles. The zero-order chi connectivity index (χ0) is 13.9. The smallest absolute Gasteiger partial charge is 0.249 e. The van der Waals surface area contributed by atoms with Gasteiger partial charge in [-0.2, -0.15) is 0 Å². The number of carbonyl (C=O) groups excluding carboxylic acids is 1. The molecule has 2 atom stereocenters. The third kappa shape index (κ3) is 3.27. The number of hydrogen-bond donors (Lipinski definition) is 2. The van der Waals surface area contributed by atoms with Gasteiger partial charge in [-0.15, -0.1) is 0 Å². The van der Waals surface area contributed by atoms with Crippen LogP contribution in [-0.4, -0.2) is 55.7 Å². The third-order valence-electron chi connectivity index (χ3n) is 4.74. The average molecular weight is 269 g/mol. The molecule has 5 heteroatoms. The standard InChI is InChI=1S/C14H27N3O2/c1-17(2)14(7-3-4-8-14)10-16-13(18)12-6-5-11(9-15)19-12/h11-12H,3-10,15H2,1-2H3,(H,16,18). The minimum absolute atomic E-state index is 0.0316. The Bertz CT molecular complexity index is 314. The quantitative estimate of drug-likeness (QED) is 0.762. The van der Waals surface area contributed by atoms with Crippen molar-refractivity contribution in [3.8, 4) is 0 Å². The minimum Gasteiger partial charge on any atom is -0.364 e. The van der Waals surface area contributed by atoms with Gasteiger partial charge in [-0.05, 0) is 39.8 Å². The van der Waals surface area contributed by atoms with Crippen molar-refractivity contribution >= 4 is 5.91 Å². The summed E-state index contributed by atoms with van der Waals surface area (Å²) < 4.78 is 5.63. The number of nitrogens with one attached hydrogen (secondary N) is 1. The van der Waals surface area contributed by atoms with E-state index in [1.54, 1.807) is 0 Å². The fraction of sp³-hybridized carbons (Fsp3) is 0.929. The zero-order valence-electron chi connectivity index (χ0n) is 12.2. The Morgan fingerprint density at radius 3 is 2.58 bits per heavy atom. The van der Waals surface area contributed by atoms with Gasteiger partial charge in [0.15, 0.2) is 0 Å². The molecular formula is C14H27N3O2. The van der Waals surface area contributed by atoms with Crippen molar-refractivity contribution in [1.82, 2.24) is 10.2 Å². The molecule has 1 saturated heterocycles. The van der Waals surface area contributed by atoms with E-state index in [0.29, 0.717) is 6.54 Å². The number of nitrogens with two attached hydrogens (primary N) is 1. The van der Waals surface area contributed by atoms with Crippen LogP contribution in [0.25, 0.3) is 0 Å². The maximum absolute atomic E-state index is 12.1. The van der Waals surface area contributed by atoms with Gasteiger partial charge in [-0.25, -0.2) is 0 Å². The molecule has 19 heavy (non-hydrogen) atoms. The maximum Gasteiger partial charge on any atom is 0.249 e. The Balaban J connectivity index is 1.83.